The van der Waals surface area contributed by atoms with Crippen LogP contribution in [0.4, 0.5) is 21.0 Å². The molecule has 68 heavy (non-hydrogen) atoms. The lowest BCUT2D eigenvalue weighted by atomic mass is 9.99. The predicted molar refractivity (Wildman–Crippen MR) is 253 cm³/mol. The molecule has 0 spiro atoms. The zero-order chi connectivity index (χ0) is 46.9. The van der Waals surface area contributed by atoms with Crippen LogP contribution in [0.15, 0.2) is 43.0 Å². The summed E-state index contributed by atoms with van der Waals surface area (Å²) in [4.78, 5) is 30.7. The molecule has 2 fully saturated rings. The van der Waals surface area contributed by atoms with Gasteiger partial charge in [-0.2, -0.15) is 10.2 Å². The molecule has 4 amide bonds. The molecule has 0 bridgehead atoms. The molecule has 0 saturated carbocycles. The van der Waals surface area contributed by atoms with Crippen molar-refractivity contribution < 1.29 is 37.0 Å². The molecule has 8 aliphatic rings. The number of nitrogens with two attached hydrogens (primary N) is 2. The Morgan fingerprint density at radius 3 is 1.29 bits per heavy atom. The number of benzene rings is 2. The third-order valence-electron chi connectivity index (χ3n) is 15.0. The van der Waals surface area contributed by atoms with Crippen molar-refractivity contribution in [1.82, 2.24) is 29.4 Å². The van der Waals surface area contributed by atoms with Crippen LogP contribution < -0.4 is 30.4 Å². The number of hydrogen-bond acceptors (Lipinski definition) is 12. The number of amides is 4. The minimum absolute atomic E-state index is 0.156. The van der Waals surface area contributed by atoms with E-state index in [2.05, 4.69) is 51.5 Å². The Labute approximate surface area is 396 Å². The van der Waals surface area contributed by atoms with E-state index in [-0.39, 0.29) is 34.1 Å². The van der Waals surface area contributed by atoms with Gasteiger partial charge in [0.05, 0.1) is 49.8 Å². The molecule has 4 aromatic rings. The summed E-state index contributed by atoms with van der Waals surface area (Å²) in [7, 11) is -3.62. The van der Waals surface area contributed by atoms with Crippen molar-refractivity contribution in [3.8, 4) is 11.8 Å². The van der Waals surface area contributed by atoms with Gasteiger partial charge in [-0.05, 0) is 122 Å². The van der Waals surface area contributed by atoms with E-state index >= 15 is 0 Å². The van der Waals surface area contributed by atoms with Crippen LogP contribution in [0.5, 0.6) is 11.8 Å². The minimum Gasteiger partial charge on any atom is -0.475 e. The summed E-state index contributed by atoms with van der Waals surface area (Å²) in [5, 5.41) is 26.7. The molecular formula is C46H60N12O8S2. The monoisotopic (exact) mass is 972 g/mol. The molecule has 0 radical (unpaired) electrons. The first kappa shape index (κ1) is 45.5. The number of aromatic nitrogens is 4. The number of likely N-dealkylation sites (tertiary alicyclic amines) is 2. The maximum absolute atomic E-state index is 13.3. The van der Waals surface area contributed by atoms with Crippen LogP contribution in [0.2, 0.25) is 0 Å². The number of carbonyl (C=O) groups excluding carboxylic acids is 2. The minimum atomic E-state index is -3.53. The Bertz CT molecular complexity index is 2680. The van der Waals surface area contributed by atoms with Crippen LogP contribution >= 0.6 is 0 Å². The SMILES string of the molecule is COC1CN([C@@H]2COc3c(S(N)(=O)=NC(=O)Nc4c5c(cc6c4CCC6)CCC5)cnn3C2)C1.COC1CN([C@@H]2COc3c(S(N)(=O)=NC(=O)Nc4c5c(cc6c4CCC6)CCC5)cnn3C2)C1. The predicted octanol–water partition coefficient (Wildman–Crippen LogP) is 3.77. The first-order valence-electron chi connectivity index (χ1n) is 23.8. The Morgan fingerprint density at radius 2 is 0.956 bits per heavy atom. The van der Waals surface area contributed by atoms with Crippen LogP contribution in [0.1, 0.15) is 70.2 Å². The molecule has 4 aliphatic carbocycles. The first-order valence-corrected chi connectivity index (χ1v) is 27.0. The number of aryl methyl sites for hydroxylation is 4. The number of nitrogens with zero attached hydrogens (tertiary/aromatic N) is 8. The lowest BCUT2D eigenvalue weighted by Crippen LogP contribution is -2.59. The number of hydrogen-bond donors (Lipinski definition) is 4. The van der Waals surface area contributed by atoms with Crippen molar-refractivity contribution in [3.05, 3.63) is 69.0 Å². The first-order chi connectivity index (χ1) is 32.8. The molecular weight excluding hydrogens is 913 g/mol. The van der Waals surface area contributed by atoms with Gasteiger partial charge in [-0.3, -0.25) is 9.80 Å². The highest BCUT2D eigenvalue weighted by molar-refractivity contribution is 7.92. The number of nitrogens with one attached hydrogen (secondary N) is 2. The summed E-state index contributed by atoms with van der Waals surface area (Å²) in [6.07, 6.45) is 15.5. The van der Waals surface area contributed by atoms with E-state index < -0.39 is 31.9 Å². The zero-order valence-electron chi connectivity index (χ0n) is 38.6. The summed E-state index contributed by atoms with van der Waals surface area (Å²) >= 11 is 0. The Kier molecular flexibility index (Phi) is 12.1. The van der Waals surface area contributed by atoms with Crippen LogP contribution in [-0.2, 0) is 93.8 Å². The third kappa shape index (κ3) is 8.49. The van der Waals surface area contributed by atoms with Gasteiger partial charge in [-0.15, -0.1) is 8.73 Å². The number of fused-ring (bicyclic) bond motifs is 6. The van der Waals surface area contributed by atoms with Crippen molar-refractivity contribution in [1.29, 1.82) is 0 Å². The van der Waals surface area contributed by atoms with Gasteiger partial charge >= 0.3 is 12.1 Å². The quantitative estimate of drug-likeness (QED) is 0.197. The second-order valence-electron chi connectivity index (χ2n) is 19.2. The molecule has 364 valence electrons. The van der Waals surface area contributed by atoms with Gasteiger partial charge in [-0.1, -0.05) is 12.1 Å². The summed E-state index contributed by atoms with van der Waals surface area (Å²) in [6, 6.07) is 3.51. The molecule has 4 atom stereocenters. The van der Waals surface area contributed by atoms with Crippen molar-refractivity contribution in [3.63, 3.8) is 0 Å². The number of methoxy groups -OCH3 is 2. The Hall–Kier alpha value is -4.94. The summed E-state index contributed by atoms with van der Waals surface area (Å²) in [5.74, 6) is 0.649. The summed E-state index contributed by atoms with van der Waals surface area (Å²) < 4.78 is 60.3. The number of carbonyl (C=O) groups is 2. The standard InChI is InChI=1S/2C23H30N6O4S/c2*1-32-17-11-28(12-17)16-10-29-22(33-13-16)20(9-25-29)34(24,31)27-23(30)26-21-18-6-2-4-14(18)8-15-5-3-7-19(15)21/h2*8-9,16-17H,2-7,10-13H2,1H3,(H3,24,26,27,30,31)/t2*16-,34?/m00/s1. The van der Waals surface area contributed by atoms with Gasteiger partial charge in [0.1, 0.15) is 23.0 Å². The lowest BCUT2D eigenvalue weighted by molar-refractivity contribution is -0.0687. The fraction of sp³-hybridized carbons (Fsp3) is 0.565. The summed E-state index contributed by atoms with van der Waals surface area (Å²) in [6.45, 7) is 5.45. The molecule has 2 aromatic heterocycles. The molecule has 4 aliphatic heterocycles. The van der Waals surface area contributed by atoms with Gasteiger partial charge in [0.25, 0.3) is 0 Å². The Morgan fingerprint density at radius 1 is 0.603 bits per heavy atom. The average Bonchev–Trinajstić information content (AvgIpc) is 4.13. The Balaban J connectivity index is 0.000000149. The highest BCUT2D eigenvalue weighted by Crippen LogP contribution is 2.41. The van der Waals surface area contributed by atoms with Gasteiger partial charge in [0.15, 0.2) is 19.8 Å². The van der Waals surface area contributed by atoms with Crippen molar-refractivity contribution in [2.75, 3.05) is 64.2 Å². The fourth-order valence-corrected chi connectivity index (χ4v) is 13.3. The maximum Gasteiger partial charge on any atom is 0.354 e. The van der Waals surface area contributed by atoms with Crippen LogP contribution in [-0.4, -0.2) is 128 Å². The highest BCUT2D eigenvalue weighted by atomic mass is 32.2. The topological polar surface area (TPSA) is 248 Å². The average molecular weight is 973 g/mol. The number of rotatable bonds is 8. The van der Waals surface area contributed by atoms with E-state index in [0.717, 1.165) is 115 Å². The van der Waals surface area contributed by atoms with Gasteiger partial charge in [0, 0.05) is 51.8 Å². The number of anilines is 2. The van der Waals surface area contributed by atoms with E-state index in [4.69, 9.17) is 29.2 Å². The second kappa shape index (κ2) is 18.1. The van der Waals surface area contributed by atoms with Crippen molar-refractivity contribution >= 4 is 43.3 Å². The van der Waals surface area contributed by atoms with Crippen molar-refractivity contribution in [2.24, 2.45) is 19.0 Å². The molecule has 6 N–H and O–H groups in total. The molecule has 12 rings (SSSR count). The second-order valence-corrected chi connectivity index (χ2v) is 22.7. The number of urea groups is 2. The van der Waals surface area contributed by atoms with Crippen molar-refractivity contribution in [2.45, 2.75) is 124 Å². The van der Waals surface area contributed by atoms with Crippen LogP contribution in [0.25, 0.3) is 0 Å². The smallest absolute Gasteiger partial charge is 0.354 e. The van der Waals surface area contributed by atoms with E-state index in [0.29, 0.717) is 38.1 Å². The van der Waals surface area contributed by atoms with Crippen LogP contribution in [0.3, 0.4) is 0 Å². The van der Waals surface area contributed by atoms with Crippen LogP contribution in [0, 0.1) is 0 Å². The maximum atomic E-state index is 13.3. The van der Waals surface area contributed by atoms with Gasteiger partial charge < -0.3 is 29.6 Å². The van der Waals surface area contributed by atoms with E-state index in [1.807, 2.05) is 0 Å². The van der Waals surface area contributed by atoms with E-state index in [1.54, 1.807) is 23.6 Å². The lowest BCUT2D eigenvalue weighted by Gasteiger charge is -2.44. The van der Waals surface area contributed by atoms with E-state index in [1.165, 1.54) is 56.9 Å². The van der Waals surface area contributed by atoms with Gasteiger partial charge in [-0.25, -0.2) is 37.6 Å². The molecule has 6 heterocycles. The molecule has 2 unspecified atom stereocenters. The molecule has 2 aromatic carbocycles. The highest BCUT2D eigenvalue weighted by Gasteiger charge is 2.39. The molecule has 2 saturated heterocycles. The molecule has 22 heteroatoms. The largest absolute Gasteiger partial charge is 0.475 e. The third-order valence-corrected chi connectivity index (χ3v) is 17.7. The normalized spacial score (nSPS) is 23.3. The molecule has 20 nitrogen and oxygen atoms in total. The fourth-order valence-electron chi connectivity index (χ4n) is 11.3. The van der Waals surface area contributed by atoms with Gasteiger partial charge in [0.2, 0.25) is 11.8 Å². The number of ether oxygens (including phenoxy) is 4. The van der Waals surface area contributed by atoms with E-state index in [9.17, 15) is 18.0 Å². The summed E-state index contributed by atoms with van der Waals surface area (Å²) in [5.41, 5.74) is 11.7. The zero-order valence-corrected chi connectivity index (χ0v) is 40.2.